The Kier molecular flexibility index (Phi) is 23.7. The Morgan fingerprint density at radius 3 is 1.19 bits per heavy atom. The van der Waals surface area contributed by atoms with Gasteiger partial charge in [0.05, 0.1) is 17.9 Å². The van der Waals surface area contributed by atoms with Gasteiger partial charge in [0.1, 0.15) is 0 Å². The summed E-state index contributed by atoms with van der Waals surface area (Å²) in [6, 6.07) is 12.0. The molecule has 0 heterocycles. The Hall–Kier alpha value is -1.81. The van der Waals surface area contributed by atoms with Crippen molar-refractivity contribution in [3.8, 4) is 0 Å². The van der Waals surface area contributed by atoms with Gasteiger partial charge in [-0.2, -0.15) is 0 Å². The number of nitrogens with one attached hydrogen (secondary N) is 1. The van der Waals surface area contributed by atoms with Crippen molar-refractivity contribution in [3.63, 3.8) is 0 Å². The van der Waals surface area contributed by atoms with Crippen molar-refractivity contribution in [2.45, 2.75) is 18.2 Å². The normalized spacial score (nSPS) is 11.3. The molecule has 0 fully saturated rings. The maximum absolute atomic E-state index is 10.7. The second kappa shape index (κ2) is 20.1. The fourth-order valence-corrected chi connectivity index (χ4v) is 1.09. The van der Waals surface area contributed by atoms with Crippen LogP contribution in [0.3, 0.4) is 0 Å². The van der Waals surface area contributed by atoms with Crippen molar-refractivity contribution in [2.24, 2.45) is 0 Å². The second-order valence-electron chi connectivity index (χ2n) is 4.33. The third kappa shape index (κ3) is 111. The smallest absolute Gasteiger partial charge is 0.466 e. The number of hydrogen-bond acceptors (Lipinski definition) is 3. The van der Waals surface area contributed by atoms with Crippen LogP contribution in [-0.4, -0.2) is 45.4 Å². The third-order valence-corrected chi connectivity index (χ3v) is 2.10. The highest BCUT2D eigenvalue weighted by Crippen LogP contribution is 2.07. The van der Waals surface area contributed by atoms with Crippen LogP contribution in [0.1, 0.15) is 13.3 Å². The van der Waals surface area contributed by atoms with E-state index in [9.17, 15) is 56.6 Å². The zero-order valence-corrected chi connectivity index (χ0v) is 17.1. The van der Waals surface area contributed by atoms with E-state index in [4.69, 9.17) is 5.41 Å². The zero-order chi connectivity index (χ0) is 25.7. The van der Waals surface area contributed by atoms with Gasteiger partial charge in [0.25, 0.3) is 0 Å². The summed E-state index contributed by atoms with van der Waals surface area (Å²) in [6.07, 6.45) is 1.40. The minimum absolute atomic E-state index is 0.188. The highest BCUT2D eigenvalue weighted by Gasteiger charge is 2.21. The number of halogens is 13. The van der Waals surface area contributed by atoms with Crippen LogP contribution < -0.4 is 0 Å². The van der Waals surface area contributed by atoms with Crippen LogP contribution in [0.2, 0.25) is 0 Å². The Morgan fingerprint density at radius 1 is 0.806 bits per heavy atom. The summed E-state index contributed by atoms with van der Waals surface area (Å²) in [5.74, 6) is -0.270. The molecule has 0 aliphatic heterocycles. The first kappa shape index (κ1) is 36.6. The predicted molar refractivity (Wildman–Crippen MR) is 99.7 cm³/mol. The van der Waals surface area contributed by atoms with Crippen LogP contribution in [0.15, 0.2) is 36.4 Å². The molecule has 0 bridgehead atoms. The fourth-order valence-electron chi connectivity index (χ4n) is 0.823. The summed E-state index contributed by atoms with van der Waals surface area (Å²) >= 11 is 3.10. The van der Waals surface area contributed by atoms with Crippen molar-refractivity contribution >= 4 is 49.9 Å². The summed E-state index contributed by atoms with van der Waals surface area (Å²) in [5, 5.41) is 6.75. The first-order chi connectivity index (χ1) is 13.7. The van der Waals surface area contributed by atoms with Gasteiger partial charge in [-0.05, 0) is 6.92 Å². The molecule has 1 unspecified atom stereocenters. The molecule has 184 valence electrons. The standard InChI is InChI=1S/C6H10BrNO2.C6H6.3BF4/c1-2-10-6(9)3-5(7)4-8;1-2-4-6-5-3-1;3*2-1(3,4)5/h4-5,8H,2-3H2,1H3;1-6H;;;/q;;3*-1. The molecule has 31 heavy (non-hydrogen) atoms. The SMILES string of the molecule is CCOC(=O)CC(Br)C=N.F[B-](F)(F)F.F[B-](F)(F)F.F[B-](F)(F)F.c1ccccc1. The van der Waals surface area contributed by atoms with E-state index in [0.717, 1.165) is 6.21 Å². The van der Waals surface area contributed by atoms with Crippen molar-refractivity contribution in [1.82, 2.24) is 0 Å². The van der Waals surface area contributed by atoms with Crippen molar-refractivity contribution in [2.75, 3.05) is 6.61 Å². The molecule has 0 spiro atoms. The van der Waals surface area contributed by atoms with Crippen LogP contribution in [0.4, 0.5) is 51.8 Å². The number of carbonyl (C=O) groups is 1. The Labute approximate surface area is 178 Å². The van der Waals surface area contributed by atoms with E-state index < -0.39 is 21.8 Å². The van der Waals surface area contributed by atoms with Crippen LogP contribution in [0.5, 0.6) is 0 Å². The van der Waals surface area contributed by atoms with E-state index in [2.05, 4.69) is 20.7 Å². The number of benzene rings is 1. The number of ether oxygens (including phenoxy) is 1. The molecule has 19 heteroatoms. The monoisotopic (exact) mass is 546 g/mol. The number of rotatable bonds is 4. The highest BCUT2D eigenvalue weighted by atomic mass is 79.9. The molecule has 0 aromatic heterocycles. The van der Waals surface area contributed by atoms with Crippen molar-refractivity contribution < 1.29 is 61.3 Å². The average Bonchev–Trinajstić information content (AvgIpc) is 2.52. The van der Waals surface area contributed by atoms with Gasteiger partial charge in [0.2, 0.25) is 0 Å². The summed E-state index contributed by atoms with van der Waals surface area (Å²) in [7, 11) is -18.0. The topological polar surface area (TPSA) is 50.2 Å². The molecule has 1 N–H and O–H groups in total. The molecule has 1 aromatic carbocycles. The number of carbonyl (C=O) groups excluding carboxylic acids is 1. The fraction of sp³-hybridized carbons (Fsp3) is 0.333. The molecule has 1 atom stereocenters. The van der Waals surface area contributed by atoms with E-state index in [1.165, 1.54) is 0 Å². The quantitative estimate of drug-likeness (QED) is 0.146. The average molecular weight is 547 g/mol. The molecule has 3 nitrogen and oxygen atoms in total. The zero-order valence-electron chi connectivity index (χ0n) is 15.5. The highest BCUT2D eigenvalue weighted by molar-refractivity contribution is 9.10. The molecule has 0 aliphatic rings. The van der Waals surface area contributed by atoms with E-state index in [1.807, 2.05) is 36.4 Å². The van der Waals surface area contributed by atoms with Crippen molar-refractivity contribution in [1.29, 1.82) is 5.41 Å². The maximum Gasteiger partial charge on any atom is 0.673 e. The van der Waals surface area contributed by atoms with E-state index in [-0.39, 0.29) is 17.2 Å². The lowest BCUT2D eigenvalue weighted by Crippen LogP contribution is -2.11. The van der Waals surface area contributed by atoms with E-state index in [0.29, 0.717) is 6.61 Å². The Bertz CT molecular complexity index is 473. The van der Waals surface area contributed by atoms with Gasteiger partial charge in [-0.1, -0.05) is 52.3 Å². The lowest BCUT2D eigenvalue weighted by Gasteiger charge is -2.01. The molecule has 0 aliphatic carbocycles. The molecule has 0 radical (unpaired) electrons. The van der Waals surface area contributed by atoms with Gasteiger partial charge in [-0.15, -0.1) is 0 Å². The first-order valence-electron chi connectivity index (χ1n) is 7.62. The summed E-state index contributed by atoms with van der Waals surface area (Å²) < 4.78 is 122. The van der Waals surface area contributed by atoms with E-state index in [1.54, 1.807) is 6.92 Å². The molecular formula is C12H16B3BrF12NO2-3. The van der Waals surface area contributed by atoms with Gasteiger partial charge in [0, 0.05) is 6.21 Å². The lowest BCUT2D eigenvalue weighted by atomic mass is 10.3. The summed E-state index contributed by atoms with van der Waals surface area (Å²) in [6.45, 7) is 2.15. The Balaban J connectivity index is -0.000000153. The third-order valence-electron chi connectivity index (χ3n) is 1.51. The molecule has 0 saturated heterocycles. The number of hydrogen-bond donors (Lipinski definition) is 1. The van der Waals surface area contributed by atoms with Crippen LogP contribution in [-0.2, 0) is 9.53 Å². The maximum atomic E-state index is 10.7. The minimum atomic E-state index is -6.00. The molecule has 0 amide bonds. The molecule has 1 aromatic rings. The van der Waals surface area contributed by atoms with Crippen LogP contribution in [0, 0.1) is 5.41 Å². The van der Waals surface area contributed by atoms with Gasteiger partial charge >= 0.3 is 27.7 Å². The molecular weight excluding hydrogens is 530 g/mol. The largest absolute Gasteiger partial charge is 0.673 e. The van der Waals surface area contributed by atoms with Crippen LogP contribution in [0.25, 0.3) is 0 Å². The lowest BCUT2D eigenvalue weighted by molar-refractivity contribution is -0.142. The predicted octanol–water partition coefficient (Wildman–Crippen LogP) is 6.94. The van der Waals surface area contributed by atoms with Gasteiger partial charge < -0.3 is 61.9 Å². The molecule has 0 saturated carbocycles. The Morgan fingerprint density at radius 2 is 1.03 bits per heavy atom. The van der Waals surface area contributed by atoms with Gasteiger partial charge in [-0.3, -0.25) is 4.79 Å². The van der Waals surface area contributed by atoms with Gasteiger partial charge in [-0.25, -0.2) is 0 Å². The minimum Gasteiger partial charge on any atom is -0.466 e. The number of alkyl halides is 1. The molecule has 1 rings (SSSR count). The van der Waals surface area contributed by atoms with Crippen LogP contribution >= 0.6 is 15.9 Å². The second-order valence-corrected chi connectivity index (χ2v) is 5.51. The van der Waals surface area contributed by atoms with E-state index >= 15 is 0 Å². The first-order valence-corrected chi connectivity index (χ1v) is 8.54. The van der Waals surface area contributed by atoms with Gasteiger partial charge in [0.15, 0.2) is 0 Å². The number of esters is 1. The summed E-state index contributed by atoms with van der Waals surface area (Å²) in [5.41, 5.74) is 0. The summed E-state index contributed by atoms with van der Waals surface area (Å²) in [4.78, 5) is 10.5. The van der Waals surface area contributed by atoms with Crippen molar-refractivity contribution in [3.05, 3.63) is 36.4 Å².